The summed E-state index contributed by atoms with van der Waals surface area (Å²) in [6.45, 7) is 2.37. The average molecular weight is 492 g/mol. The number of allylic oxidation sites excluding steroid dienone is 2. The van der Waals surface area contributed by atoms with Crippen LogP contribution in [0.5, 0.6) is 5.75 Å². The predicted molar refractivity (Wildman–Crippen MR) is 109 cm³/mol. The first-order valence-corrected chi connectivity index (χ1v) is 10.6. The second-order valence-corrected chi connectivity index (χ2v) is 8.23. The smallest absolute Gasteiger partial charge is 0.194 e. The van der Waals surface area contributed by atoms with Crippen LogP contribution in [0.2, 0.25) is 0 Å². The topological polar surface area (TPSA) is 27.7 Å². The monoisotopic (exact) mass is 492 g/mol. The number of alkyl halides is 1. The summed E-state index contributed by atoms with van der Waals surface area (Å²) in [4.78, 5) is 2.98. The van der Waals surface area contributed by atoms with Crippen molar-refractivity contribution in [1.29, 1.82) is 0 Å². The van der Waals surface area contributed by atoms with Crippen molar-refractivity contribution in [2.45, 2.75) is 39.2 Å². The van der Waals surface area contributed by atoms with Gasteiger partial charge in [-0.1, -0.05) is 13.0 Å². The Balaban J connectivity index is 0.000000248. The van der Waals surface area contributed by atoms with Crippen LogP contribution < -0.4 is 4.94 Å². The van der Waals surface area contributed by atoms with Crippen LogP contribution in [0.25, 0.3) is 5.57 Å². The summed E-state index contributed by atoms with van der Waals surface area (Å²) in [6, 6.07) is 3.25. The number of hydrogen-bond donors (Lipinski definition) is 0. The highest BCUT2D eigenvalue weighted by molar-refractivity contribution is 5.66. The Morgan fingerprint density at radius 1 is 0.912 bits per heavy atom. The lowest BCUT2D eigenvalue weighted by Gasteiger charge is -2.34. The fraction of sp³-hybridized carbons (Fsp3) is 0.417. The van der Waals surface area contributed by atoms with Gasteiger partial charge in [-0.25, -0.2) is 26.3 Å². The molecule has 0 spiro atoms. The van der Waals surface area contributed by atoms with Crippen LogP contribution in [0.3, 0.4) is 0 Å². The SMILES string of the molecule is CC1COC(C2CC=C(c3cc(F)c(CF)c(F)c3)CC2)OC1.FOc1cc(F)c(F)c(F)c1. The first-order valence-electron chi connectivity index (χ1n) is 10.6. The molecule has 0 aromatic heterocycles. The van der Waals surface area contributed by atoms with Gasteiger partial charge >= 0.3 is 0 Å². The lowest BCUT2D eigenvalue weighted by atomic mass is 9.85. The molecule has 1 aliphatic heterocycles. The Hall–Kier alpha value is -2.59. The molecule has 2 aliphatic rings. The van der Waals surface area contributed by atoms with Crippen LogP contribution in [0, 0.1) is 40.9 Å². The average Bonchev–Trinajstić information content (AvgIpc) is 2.83. The Bertz CT molecular complexity index is 974. The Kier molecular flexibility index (Phi) is 8.96. The normalized spacial score (nSPS) is 22.5. The summed E-state index contributed by atoms with van der Waals surface area (Å²) in [7, 11) is 0. The lowest BCUT2D eigenvalue weighted by molar-refractivity contribution is -0.222. The molecule has 1 fully saturated rings. The first kappa shape index (κ1) is 26.0. The summed E-state index contributed by atoms with van der Waals surface area (Å²) in [5, 5.41) is 0. The Labute approximate surface area is 192 Å². The van der Waals surface area contributed by atoms with Crippen LogP contribution in [0.15, 0.2) is 30.3 Å². The zero-order valence-electron chi connectivity index (χ0n) is 18.2. The van der Waals surface area contributed by atoms with Crippen molar-refractivity contribution in [3.05, 3.63) is 70.6 Å². The number of ether oxygens (including phenoxy) is 2. The van der Waals surface area contributed by atoms with Gasteiger partial charge in [-0.05, 0) is 42.5 Å². The Morgan fingerprint density at radius 2 is 1.50 bits per heavy atom. The summed E-state index contributed by atoms with van der Waals surface area (Å²) in [6.07, 6.45) is 4.10. The summed E-state index contributed by atoms with van der Waals surface area (Å²) in [5.41, 5.74) is 0.893. The molecule has 34 heavy (non-hydrogen) atoms. The van der Waals surface area contributed by atoms with Gasteiger partial charge in [0.2, 0.25) is 0 Å². The lowest BCUT2D eigenvalue weighted by Crippen LogP contribution is -2.36. The van der Waals surface area contributed by atoms with E-state index in [1.165, 1.54) is 12.1 Å². The summed E-state index contributed by atoms with van der Waals surface area (Å²) >= 11 is 0. The molecule has 4 rings (SSSR count). The van der Waals surface area contributed by atoms with Gasteiger partial charge in [0.25, 0.3) is 0 Å². The number of rotatable bonds is 4. The minimum atomic E-state index is -1.65. The third-order valence-corrected chi connectivity index (χ3v) is 5.62. The molecule has 1 atom stereocenters. The molecule has 1 saturated heterocycles. The van der Waals surface area contributed by atoms with Crippen LogP contribution in [-0.4, -0.2) is 19.5 Å². The van der Waals surface area contributed by atoms with E-state index in [0.29, 0.717) is 43.2 Å². The molecule has 1 heterocycles. The quantitative estimate of drug-likeness (QED) is 0.340. The molecule has 1 unspecified atom stereocenters. The van der Waals surface area contributed by atoms with Crippen molar-refractivity contribution in [3.63, 3.8) is 0 Å². The molecule has 3 nitrogen and oxygen atoms in total. The van der Waals surface area contributed by atoms with Gasteiger partial charge in [0.05, 0.1) is 18.8 Å². The minimum absolute atomic E-state index is 0.189. The molecule has 1 aliphatic carbocycles. The van der Waals surface area contributed by atoms with E-state index in [0.717, 1.165) is 18.4 Å². The van der Waals surface area contributed by atoms with Crippen molar-refractivity contribution in [2.24, 2.45) is 11.8 Å². The van der Waals surface area contributed by atoms with E-state index in [1.54, 1.807) is 0 Å². The molecule has 0 N–H and O–H groups in total. The van der Waals surface area contributed by atoms with E-state index in [1.807, 2.05) is 6.08 Å². The third-order valence-electron chi connectivity index (χ3n) is 5.62. The maximum absolute atomic E-state index is 13.7. The molecule has 0 amide bonds. The van der Waals surface area contributed by atoms with Crippen molar-refractivity contribution in [1.82, 2.24) is 0 Å². The van der Waals surface area contributed by atoms with Crippen LogP contribution in [0.4, 0.5) is 30.9 Å². The standard InChI is InChI=1S/C18H21F3O2.C6H2F4O/c1-11-9-22-18(23-10-11)13-4-2-12(3-5-13)14-6-16(20)15(8-19)17(21)7-14;7-4-1-3(11-10)2-5(8)6(4)9/h2,6-7,11,13,18H,3-5,8-10H2,1H3;1-2H. The van der Waals surface area contributed by atoms with Gasteiger partial charge in [0.1, 0.15) is 18.3 Å². The van der Waals surface area contributed by atoms with Crippen molar-refractivity contribution in [3.8, 4) is 5.75 Å². The fourth-order valence-electron chi connectivity index (χ4n) is 3.74. The van der Waals surface area contributed by atoms with Gasteiger partial charge in [-0.3, -0.25) is 4.94 Å². The van der Waals surface area contributed by atoms with Crippen molar-refractivity contribution in [2.75, 3.05) is 13.2 Å². The van der Waals surface area contributed by atoms with Crippen molar-refractivity contribution < 1.29 is 45.3 Å². The number of benzene rings is 2. The summed E-state index contributed by atoms with van der Waals surface area (Å²) in [5.74, 6) is -6.29. The number of halogens is 7. The molecule has 2 aromatic rings. The highest BCUT2D eigenvalue weighted by Crippen LogP contribution is 2.35. The highest BCUT2D eigenvalue weighted by Gasteiger charge is 2.29. The van der Waals surface area contributed by atoms with E-state index in [4.69, 9.17) is 9.47 Å². The van der Waals surface area contributed by atoms with E-state index in [-0.39, 0.29) is 12.2 Å². The minimum Gasteiger partial charge on any atom is -0.352 e. The summed E-state index contributed by atoms with van der Waals surface area (Å²) < 4.78 is 99.2. The van der Waals surface area contributed by atoms with Gasteiger partial charge in [0.15, 0.2) is 29.5 Å². The third kappa shape index (κ3) is 6.29. The van der Waals surface area contributed by atoms with Gasteiger partial charge in [-0.15, -0.1) is 0 Å². The number of hydrogen-bond acceptors (Lipinski definition) is 3. The van der Waals surface area contributed by atoms with Crippen LogP contribution in [0.1, 0.15) is 37.3 Å². The highest BCUT2D eigenvalue weighted by atomic mass is 19.3. The predicted octanol–water partition coefficient (Wildman–Crippen LogP) is 6.99. The van der Waals surface area contributed by atoms with E-state index >= 15 is 0 Å². The van der Waals surface area contributed by atoms with Crippen LogP contribution in [-0.2, 0) is 16.1 Å². The largest absolute Gasteiger partial charge is 0.352 e. The zero-order valence-corrected chi connectivity index (χ0v) is 18.2. The van der Waals surface area contributed by atoms with Gasteiger partial charge < -0.3 is 9.47 Å². The molecular weight excluding hydrogens is 469 g/mol. The molecule has 186 valence electrons. The second-order valence-electron chi connectivity index (χ2n) is 8.23. The molecule has 0 bridgehead atoms. The first-order chi connectivity index (χ1) is 16.2. The maximum Gasteiger partial charge on any atom is 0.194 e. The van der Waals surface area contributed by atoms with Gasteiger partial charge in [0, 0.05) is 28.5 Å². The van der Waals surface area contributed by atoms with E-state index in [2.05, 4.69) is 11.9 Å². The fourth-order valence-corrected chi connectivity index (χ4v) is 3.74. The van der Waals surface area contributed by atoms with Crippen molar-refractivity contribution >= 4 is 5.57 Å². The van der Waals surface area contributed by atoms with Crippen LogP contribution >= 0.6 is 0 Å². The zero-order chi connectivity index (χ0) is 24.8. The van der Waals surface area contributed by atoms with E-state index in [9.17, 15) is 30.9 Å². The Morgan fingerprint density at radius 3 is 1.97 bits per heavy atom. The molecule has 0 saturated carbocycles. The molecular formula is C24H23F7O3. The molecule has 0 radical (unpaired) electrons. The van der Waals surface area contributed by atoms with Gasteiger partial charge in [-0.2, -0.15) is 0 Å². The second kappa shape index (κ2) is 11.7. The van der Waals surface area contributed by atoms with E-state index < -0.39 is 47.1 Å². The molecule has 10 heteroatoms. The molecule has 2 aromatic carbocycles. The maximum atomic E-state index is 13.7.